The molecule has 2 atom stereocenters. The van der Waals surface area contributed by atoms with Crippen LogP contribution < -0.4 is 16.0 Å². The minimum Gasteiger partial charge on any atom is -0.385 e. The van der Waals surface area contributed by atoms with E-state index in [2.05, 4.69) is 10.2 Å². The van der Waals surface area contributed by atoms with Crippen molar-refractivity contribution in [2.24, 2.45) is 11.7 Å². The SMILES string of the molecule is C[C@H]1CN(c2ccc(NC[C@H]3CC[C@H](N)CC3)cc2F)C[C@H](C)O1. The molecule has 4 nitrogen and oxygen atoms in total. The molecular formula is C19H30FN3O. The van der Waals surface area contributed by atoms with E-state index in [0.717, 1.165) is 51.0 Å². The van der Waals surface area contributed by atoms with Gasteiger partial charge in [0, 0.05) is 31.4 Å². The lowest BCUT2D eigenvalue weighted by Crippen LogP contribution is -2.45. The van der Waals surface area contributed by atoms with Crippen LogP contribution in [0.1, 0.15) is 39.5 Å². The summed E-state index contributed by atoms with van der Waals surface area (Å²) in [6.07, 6.45) is 4.80. The first-order valence-corrected chi connectivity index (χ1v) is 9.20. The molecule has 0 radical (unpaired) electrons. The average Bonchev–Trinajstić information content (AvgIpc) is 2.53. The zero-order chi connectivity index (χ0) is 17.1. The summed E-state index contributed by atoms with van der Waals surface area (Å²) in [4.78, 5) is 2.08. The van der Waals surface area contributed by atoms with Crippen molar-refractivity contribution in [2.45, 2.75) is 57.8 Å². The normalized spacial score (nSPS) is 31.1. The highest BCUT2D eigenvalue weighted by Gasteiger charge is 2.24. The van der Waals surface area contributed by atoms with E-state index in [1.54, 1.807) is 6.07 Å². The zero-order valence-corrected chi connectivity index (χ0v) is 14.8. The van der Waals surface area contributed by atoms with Gasteiger partial charge in [-0.15, -0.1) is 0 Å². The quantitative estimate of drug-likeness (QED) is 0.886. The molecule has 2 aliphatic rings. The molecule has 1 heterocycles. The van der Waals surface area contributed by atoms with E-state index in [-0.39, 0.29) is 18.0 Å². The second-order valence-electron chi connectivity index (χ2n) is 7.49. The molecule has 1 aromatic rings. The summed E-state index contributed by atoms with van der Waals surface area (Å²) in [7, 11) is 0. The molecule has 5 heteroatoms. The number of anilines is 2. The Morgan fingerprint density at radius 3 is 2.46 bits per heavy atom. The Hall–Kier alpha value is -1.33. The molecule has 24 heavy (non-hydrogen) atoms. The van der Waals surface area contributed by atoms with Crippen LogP contribution in [0.2, 0.25) is 0 Å². The van der Waals surface area contributed by atoms with E-state index in [1.165, 1.54) is 0 Å². The van der Waals surface area contributed by atoms with Crippen molar-refractivity contribution in [1.82, 2.24) is 0 Å². The number of morpholine rings is 1. The third kappa shape index (κ3) is 4.39. The van der Waals surface area contributed by atoms with E-state index in [0.29, 0.717) is 17.6 Å². The van der Waals surface area contributed by atoms with Gasteiger partial charge in [-0.25, -0.2) is 4.39 Å². The second kappa shape index (κ2) is 7.70. The monoisotopic (exact) mass is 335 g/mol. The van der Waals surface area contributed by atoms with Gasteiger partial charge in [-0.1, -0.05) is 0 Å². The van der Waals surface area contributed by atoms with Crippen LogP contribution in [0.15, 0.2) is 18.2 Å². The van der Waals surface area contributed by atoms with Crippen LogP contribution in [0.3, 0.4) is 0 Å². The molecular weight excluding hydrogens is 305 g/mol. The van der Waals surface area contributed by atoms with Gasteiger partial charge in [-0.05, 0) is 63.6 Å². The lowest BCUT2D eigenvalue weighted by Gasteiger charge is -2.37. The smallest absolute Gasteiger partial charge is 0.148 e. The molecule has 0 aromatic heterocycles. The van der Waals surface area contributed by atoms with Crippen molar-refractivity contribution in [3.8, 4) is 0 Å². The van der Waals surface area contributed by atoms with Gasteiger partial charge < -0.3 is 20.7 Å². The number of benzene rings is 1. The van der Waals surface area contributed by atoms with Crippen LogP contribution in [0.25, 0.3) is 0 Å². The molecule has 0 amide bonds. The van der Waals surface area contributed by atoms with Crippen LogP contribution in [-0.2, 0) is 4.74 Å². The maximum atomic E-state index is 14.6. The number of hydrogen-bond donors (Lipinski definition) is 2. The van der Waals surface area contributed by atoms with Gasteiger partial charge in [0.25, 0.3) is 0 Å². The summed E-state index contributed by atoms with van der Waals surface area (Å²) in [5.41, 5.74) is 7.48. The number of ether oxygens (including phenoxy) is 1. The molecule has 1 aliphatic carbocycles. The van der Waals surface area contributed by atoms with E-state index in [1.807, 2.05) is 26.0 Å². The topological polar surface area (TPSA) is 50.5 Å². The fraction of sp³-hybridized carbons (Fsp3) is 0.684. The molecule has 1 saturated carbocycles. The first-order valence-electron chi connectivity index (χ1n) is 9.20. The third-order valence-corrected chi connectivity index (χ3v) is 5.19. The van der Waals surface area contributed by atoms with E-state index in [9.17, 15) is 4.39 Å². The maximum Gasteiger partial charge on any atom is 0.148 e. The minimum absolute atomic E-state index is 0.128. The number of nitrogens with zero attached hydrogens (tertiary/aromatic N) is 1. The van der Waals surface area contributed by atoms with Crippen LogP contribution in [0.4, 0.5) is 15.8 Å². The number of rotatable bonds is 4. The summed E-state index contributed by atoms with van der Waals surface area (Å²) >= 11 is 0. The fourth-order valence-corrected chi connectivity index (χ4v) is 3.90. The summed E-state index contributed by atoms with van der Waals surface area (Å²) in [6, 6.07) is 5.86. The molecule has 0 bridgehead atoms. The summed E-state index contributed by atoms with van der Waals surface area (Å²) in [6.45, 7) is 6.43. The lowest BCUT2D eigenvalue weighted by molar-refractivity contribution is -0.00539. The summed E-state index contributed by atoms with van der Waals surface area (Å²) < 4.78 is 20.3. The Balaban J connectivity index is 1.58. The molecule has 1 aliphatic heterocycles. The third-order valence-electron chi connectivity index (χ3n) is 5.19. The highest BCUT2D eigenvalue weighted by molar-refractivity contribution is 5.56. The van der Waals surface area contributed by atoms with Crippen molar-refractivity contribution in [3.05, 3.63) is 24.0 Å². The van der Waals surface area contributed by atoms with Gasteiger partial charge >= 0.3 is 0 Å². The molecule has 1 saturated heterocycles. The van der Waals surface area contributed by atoms with Gasteiger partial charge in [0.1, 0.15) is 5.82 Å². The summed E-state index contributed by atoms with van der Waals surface area (Å²) in [5, 5.41) is 3.39. The predicted molar refractivity (Wildman–Crippen MR) is 97.0 cm³/mol. The van der Waals surface area contributed by atoms with Gasteiger partial charge in [0.05, 0.1) is 17.9 Å². The number of halogens is 1. The molecule has 1 aromatic carbocycles. The molecule has 2 fully saturated rings. The highest BCUT2D eigenvalue weighted by Crippen LogP contribution is 2.27. The predicted octanol–water partition coefficient (Wildman–Crippen LogP) is 3.37. The number of hydrogen-bond acceptors (Lipinski definition) is 4. The lowest BCUT2D eigenvalue weighted by atomic mass is 9.86. The van der Waals surface area contributed by atoms with Crippen molar-refractivity contribution in [3.63, 3.8) is 0 Å². The molecule has 134 valence electrons. The highest BCUT2D eigenvalue weighted by atomic mass is 19.1. The van der Waals surface area contributed by atoms with Gasteiger partial charge in [0.2, 0.25) is 0 Å². The minimum atomic E-state index is -0.160. The maximum absolute atomic E-state index is 14.6. The standard InChI is InChI=1S/C19H30FN3O/c1-13-11-23(12-14(2)24-13)19-8-7-17(9-18(19)20)22-10-15-3-5-16(21)6-4-15/h7-9,13-16,22H,3-6,10-12,21H2,1-2H3/t13-,14-,15-,16-/m0/s1. The Bertz CT molecular complexity index is 535. The van der Waals surface area contributed by atoms with Crippen LogP contribution in [0.5, 0.6) is 0 Å². The second-order valence-corrected chi connectivity index (χ2v) is 7.49. The Labute approximate surface area is 144 Å². The number of nitrogens with one attached hydrogen (secondary N) is 1. The Kier molecular flexibility index (Phi) is 5.61. The van der Waals surface area contributed by atoms with Gasteiger partial charge in [-0.3, -0.25) is 0 Å². The molecule has 0 unspecified atom stereocenters. The van der Waals surface area contributed by atoms with Crippen molar-refractivity contribution in [1.29, 1.82) is 0 Å². The van der Waals surface area contributed by atoms with Crippen molar-refractivity contribution >= 4 is 11.4 Å². The summed E-state index contributed by atoms with van der Waals surface area (Å²) in [5.74, 6) is 0.487. The Morgan fingerprint density at radius 1 is 1.17 bits per heavy atom. The molecule has 3 rings (SSSR count). The molecule has 0 spiro atoms. The van der Waals surface area contributed by atoms with Crippen LogP contribution >= 0.6 is 0 Å². The molecule has 3 N–H and O–H groups in total. The van der Waals surface area contributed by atoms with Gasteiger partial charge in [-0.2, -0.15) is 0 Å². The van der Waals surface area contributed by atoms with E-state index >= 15 is 0 Å². The van der Waals surface area contributed by atoms with E-state index in [4.69, 9.17) is 10.5 Å². The van der Waals surface area contributed by atoms with Gasteiger partial charge in [0.15, 0.2) is 0 Å². The van der Waals surface area contributed by atoms with E-state index < -0.39 is 0 Å². The Morgan fingerprint density at radius 2 is 1.83 bits per heavy atom. The largest absolute Gasteiger partial charge is 0.385 e. The fourth-order valence-electron chi connectivity index (χ4n) is 3.90. The zero-order valence-electron chi connectivity index (χ0n) is 14.8. The van der Waals surface area contributed by atoms with Crippen LogP contribution in [-0.4, -0.2) is 37.9 Å². The first-order chi connectivity index (χ1) is 11.5. The van der Waals surface area contributed by atoms with Crippen LogP contribution in [0, 0.1) is 11.7 Å². The van der Waals surface area contributed by atoms with Crippen molar-refractivity contribution < 1.29 is 9.13 Å². The number of nitrogens with two attached hydrogens (primary N) is 1. The average molecular weight is 335 g/mol. The first kappa shape index (κ1) is 17.5. The van der Waals surface area contributed by atoms with Crippen molar-refractivity contribution in [2.75, 3.05) is 29.9 Å².